The third kappa shape index (κ3) is 20.1. The van der Waals surface area contributed by atoms with Gasteiger partial charge in [0.15, 0.2) is 0 Å². The van der Waals surface area contributed by atoms with Crippen LogP contribution in [0.1, 0.15) is 71.1 Å². The summed E-state index contributed by atoms with van der Waals surface area (Å²) >= 11 is 0. The summed E-state index contributed by atoms with van der Waals surface area (Å²) in [5.74, 6) is -8.04. The van der Waals surface area contributed by atoms with Gasteiger partial charge in [-0.1, -0.05) is 0 Å². The first-order chi connectivity index (χ1) is 24.5. The summed E-state index contributed by atoms with van der Waals surface area (Å²) in [5.41, 5.74) is 27.0. The molecule has 0 aliphatic carbocycles. The van der Waals surface area contributed by atoms with Gasteiger partial charge in [-0.2, -0.15) is 0 Å². The first kappa shape index (κ1) is 47.1. The number of nitrogens with two attached hydrogens (primary N) is 5. The van der Waals surface area contributed by atoms with Gasteiger partial charge in [0.2, 0.25) is 47.3 Å². The number of primary amides is 2. The second kappa shape index (κ2) is 25.9. The lowest BCUT2D eigenvalue weighted by Gasteiger charge is -2.25. The maximum atomic E-state index is 13.2. The van der Waals surface area contributed by atoms with Crippen molar-refractivity contribution in [3.05, 3.63) is 0 Å². The number of hydrogen-bond acceptors (Lipinski definition) is 13. The third-order valence-corrected chi connectivity index (χ3v) is 7.50. The summed E-state index contributed by atoms with van der Waals surface area (Å²) in [5, 5.41) is 33.1. The summed E-state index contributed by atoms with van der Waals surface area (Å²) in [4.78, 5) is 111. The number of carboxylic acid groups (broad SMARTS) is 1. The molecule has 0 saturated heterocycles. The SMILES string of the molecule is C[C@H](NC(=O)[C@H](CCCCN)NC(=O)[C@H](CO)NC(=O)[C@H](CCCCN)NC(=O)CNC(=O)[C@H](CCC(N)=O)NC(=O)[C@@H](N)CCC(N)=O)C(=O)O. The van der Waals surface area contributed by atoms with E-state index in [1.807, 2.05) is 0 Å². The summed E-state index contributed by atoms with van der Waals surface area (Å²) < 4.78 is 0. The number of aliphatic hydroxyl groups excluding tert-OH is 1. The molecular formula is C30H55N11O11. The quantitative estimate of drug-likeness (QED) is 0.0332. The zero-order valence-electron chi connectivity index (χ0n) is 29.3. The van der Waals surface area contributed by atoms with Crippen LogP contribution in [0.4, 0.5) is 0 Å². The van der Waals surface area contributed by atoms with E-state index in [-0.39, 0.29) is 45.1 Å². The fourth-order valence-electron chi connectivity index (χ4n) is 4.44. The fraction of sp³-hybridized carbons (Fsp3) is 0.700. The van der Waals surface area contributed by atoms with E-state index in [4.69, 9.17) is 33.8 Å². The van der Waals surface area contributed by atoms with Crippen molar-refractivity contribution in [3.8, 4) is 0 Å². The fourth-order valence-corrected chi connectivity index (χ4v) is 4.44. The van der Waals surface area contributed by atoms with E-state index in [2.05, 4.69) is 31.9 Å². The molecule has 22 nitrogen and oxygen atoms in total. The molecule has 22 heteroatoms. The van der Waals surface area contributed by atoms with Crippen molar-refractivity contribution in [1.29, 1.82) is 0 Å². The third-order valence-electron chi connectivity index (χ3n) is 7.50. The van der Waals surface area contributed by atoms with Crippen LogP contribution in [0.15, 0.2) is 0 Å². The molecule has 296 valence electrons. The lowest BCUT2D eigenvalue weighted by molar-refractivity contribution is -0.142. The zero-order chi connectivity index (χ0) is 39.8. The highest BCUT2D eigenvalue weighted by Gasteiger charge is 2.31. The maximum absolute atomic E-state index is 13.2. The van der Waals surface area contributed by atoms with E-state index >= 15 is 0 Å². The number of nitrogens with one attached hydrogen (secondary N) is 6. The molecule has 52 heavy (non-hydrogen) atoms. The molecular weight excluding hydrogens is 690 g/mol. The van der Waals surface area contributed by atoms with Crippen molar-refractivity contribution in [2.75, 3.05) is 26.2 Å². The van der Waals surface area contributed by atoms with Crippen LogP contribution in [-0.2, 0) is 43.2 Å². The molecule has 18 N–H and O–H groups in total. The molecule has 0 bridgehead atoms. The first-order valence-electron chi connectivity index (χ1n) is 16.8. The monoisotopic (exact) mass is 745 g/mol. The van der Waals surface area contributed by atoms with E-state index in [0.29, 0.717) is 32.2 Å². The zero-order valence-corrected chi connectivity index (χ0v) is 29.3. The Kier molecular flexibility index (Phi) is 23.5. The van der Waals surface area contributed by atoms with E-state index in [1.54, 1.807) is 0 Å². The molecule has 0 fully saturated rings. The Hall–Kier alpha value is -4.93. The number of carboxylic acids is 1. The summed E-state index contributed by atoms with van der Waals surface area (Å²) in [7, 11) is 0. The smallest absolute Gasteiger partial charge is 0.325 e. The number of carbonyl (C=O) groups excluding carboxylic acids is 8. The molecule has 0 aliphatic rings. The van der Waals surface area contributed by atoms with Crippen molar-refractivity contribution in [1.82, 2.24) is 31.9 Å². The second-order valence-electron chi connectivity index (χ2n) is 12.0. The van der Waals surface area contributed by atoms with Gasteiger partial charge in [0, 0.05) is 12.8 Å². The molecule has 8 amide bonds. The van der Waals surface area contributed by atoms with Crippen molar-refractivity contribution in [2.24, 2.45) is 28.7 Å². The lowest BCUT2D eigenvalue weighted by atomic mass is 10.1. The highest BCUT2D eigenvalue weighted by molar-refractivity contribution is 5.96. The minimum Gasteiger partial charge on any atom is -0.480 e. The van der Waals surface area contributed by atoms with Gasteiger partial charge in [0.25, 0.3) is 0 Å². The van der Waals surface area contributed by atoms with E-state index in [1.165, 1.54) is 6.92 Å². The number of aliphatic carboxylic acids is 1. The Labute approximate surface area is 300 Å². The van der Waals surface area contributed by atoms with Crippen LogP contribution in [0.2, 0.25) is 0 Å². The number of aliphatic hydroxyl groups is 1. The van der Waals surface area contributed by atoms with Gasteiger partial charge in [-0.25, -0.2) is 0 Å². The highest BCUT2D eigenvalue weighted by Crippen LogP contribution is 2.05. The number of carbonyl (C=O) groups is 9. The molecule has 0 aromatic heterocycles. The van der Waals surface area contributed by atoms with Crippen LogP contribution in [0.3, 0.4) is 0 Å². The van der Waals surface area contributed by atoms with E-state index in [0.717, 1.165) is 0 Å². The predicted octanol–water partition coefficient (Wildman–Crippen LogP) is -6.26. The van der Waals surface area contributed by atoms with Crippen LogP contribution in [0.25, 0.3) is 0 Å². The summed E-state index contributed by atoms with van der Waals surface area (Å²) in [6, 6.07) is -7.93. The Morgan fingerprint density at radius 2 is 1.02 bits per heavy atom. The van der Waals surface area contributed by atoms with Crippen molar-refractivity contribution < 1.29 is 53.4 Å². The Bertz CT molecular complexity index is 1240. The molecule has 0 heterocycles. The minimum absolute atomic E-state index is 0.0279. The minimum atomic E-state index is -1.59. The molecule has 0 aromatic rings. The molecule has 0 saturated carbocycles. The molecule has 0 radical (unpaired) electrons. The van der Waals surface area contributed by atoms with Gasteiger partial charge >= 0.3 is 5.97 Å². The average Bonchev–Trinajstić information content (AvgIpc) is 3.08. The van der Waals surface area contributed by atoms with Gasteiger partial charge in [-0.05, 0) is 71.4 Å². The average molecular weight is 746 g/mol. The molecule has 0 aliphatic heterocycles. The number of unbranched alkanes of at least 4 members (excludes halogenated alkanes) is 2. The summed E-state index contributed by atoms with van der Waals surface area (Å²) in [6.07, 6.45) is 0.914. The largest absolute Gasteiger partial charge is 0.480 e. The van der Waals surface area contributed by atoms with Gasteiger partial charge in [0.1, 0.15) is 30.2 Å². The molecule has 0 rings (SSSR count). The van der Waals surface area contributed by atoms with Crippen LogP contribution in [0.5, 0.6) is 0 Å². The van der Waals surface area contributed by atoms with Gasteiger partial charge in [-0.3, -0.25) is 43.2 Å². The van der Waals surface area contributed by atoms with Crippen molar-refractivity contribution in [3.63, 3.8) is 0 Å². The van der Waals surface area contributed by atoms with Crippen molar-refractivity contribution in [2.45, 2.75) is 107 Å². The standard InChI is InChI=1S/C30H55N11O11/c1-16(30(51)52)37-27(48)19(7-3-5-13-32)40-29(50)21(15-42)41-28(49)18(6-2-4-12-31)38-24(45)14-36-26(47)20(9-11-23(35)44)39-25(46)17(33)8-10-22(34)43/h16-21,42H,2-15,31-33H2,1H3,(H2,34,43)(H2,35,44)(H,36,47)(H,37,48)(H,38,45)(H,39,46)(H,40,50)(H,41,49)(H,51,52)/t16-,17-,18-,19-,20-,21-/m0/s1. The second-order valence-corrected chi connectivity index (χ2v) is 12.0. The number of rotatable bonds is 28. The van der Waals surface area contributed by atoms with Gasteiger partial charge in [-0.15, -0.1) is 0 Å². The van der Waals surface area contributed by atoms with Crippen LogP contribution >= 0.6 is 0 Å². The van der Waals surface area contributed by atoms with E-state index < -0.39 is 103 Å². The maximum Gasteiger partial charge on any atom is 0.325 e. The first-order valence-corrected chi connectivity index (χ1v) is 16.8. The number of amides is 8. The van der Waals surface area contributed by atoms with Crippen LogP contribution in [-0.4, -0.2) is 126 Å². The normalized spacial score (nSPS) is 14.2. The Balaban J connectivity index is 5.66. The van der Waals surface area contributed by atoms with Crippen LogP contribution < -0.4 is 60.6 Å². The van der Waals surface area contributed by atoms with E-state index in [9.17, 15) is 48.3 Å². The highest BCUT2D eigenvalue weighted by atomic mass is 16.4. The Morgan fingerprint density at radius 3 is 1.52 bits per heavy atom. The van der Waals surface area contributed by atoms with Crippen molar-refractivity contribution >= 4 is 53.2 Å². The van der Waals surface area contributed by atoms with Gasteiger partial charge in [0.05, 0.1) is 19.2 Å². The molecule has 0 unspecified atom stereocenters. The Morgan fingerprint density at radius 1 is 0.577 bits per heavy atom. The van der Waals surface area contributed by atoms with Crippen LogP contribution in [0, 0.1) is 0 Å². The molecule has 6 atom stereocenters. The number of hydrogen-bond donors (Lipinski definition) is 13. The molecule has 0 aromatic carbocycles. The summed E-state index contributed by atoms with van der Waals surface area (Å²) in [6.45, 7) is 0.176. The lowest BCUT2D eigenvalue weighted by Crippen LogP contribution is -2.59. The molecule has 0 spiro atoms. The predicted molar refractivity (Wildman–Crippen MR) is 184 cm³/mol. The van der Waals surface area contributed by atoms with Gasteiger partial charge < -0.3 is 70.8 Å². The topological polar surface area (TPSA) is 396 Å².